The molecule has 2 heteroatoms. The molecule has 0 aromatic heterocycles. The summed E-state index contributed by atoms with van der Waals surface area (Å²) in [5.41, 5.74) is 4.19. The van der Waals surface area contributed by atoms with E-state index in [1.165, 1.54) is 11.1 Å². The first-order valence-electron chi connectivity index (χ1n) is 6.79. The molecular weight excluding hydrogens is 248 g/mol. The summed E-state index contributed by atoms with van der Waals surface area (Å²) in [6.07, 6.45) is 0. The van der Waals surface area contributed by atoms with E-state index >= 15 is 0 Å². The van der Waals surface area contributed by atoms with E-state index in [2.05, 4.69) is 26.0 Å². The summed E-state index contributed by atoms with van der Waals surface area (Å²) in [5, 5.41) is 0. The third kappa shape index (κ3) is 2.74. The van der Waals surface area contributed by atoms with Gasteiger partial charge in [0, 0.05) is 11.5 Å². The van der Waals surface area contributed by atoms with Crippen LogP contribution in [-0.4, -0.2) is 12.9 Å². The Kier molecular flexibility index (Phi) is 4.23. The van der Waals surface area contributed by atoms with Gasteiger partial charge in [0.05, 0.1) is 7.11 Å². The zero-order valence-electron chi connectivity index (χ0n) is 12.4. The maximum Gasteiger partial charge on any atom is 0.170 e. The Morgan fingerprint density at radius 3 is 2.05 bits per heavy atom. The first-order valence-corrected chi connectivity index (χ1v) is 6.79. The quantitative estimate of drug-likeness (QED) is 0.773. The van der Waals surface area contributed by atoms with Crippen LogP contribution in [0.1, 0.15) is 39.9 Å². The van der Waals surface area contributed by atoms with E-state index in [1.807, 2.05) is 37.3 Å². The van der Waals surface area contributed by atoms with Crippen LogP contribution in [0, 0.1) is 13.8 Å². The summed E-state index contributed by atoms with van der Waals surface area (Å²) < 4.78 is 5.12. The minimum absolute atomic E-state index is 0.135. The lowest BCUT2D eigenvalue weighted by Gasteiger charge is -2.16. The van der Waals surface area contributed by atoms with E-state index in [0.717, 1.165) is 16.9 Å². The van der Waals surface area contributed by atoms with E-state index in [4.69, 9.17) is 4.74 Å². The van der Waals surface area contributed by atoms with Crippen LogP contribution in [0.25, 0.3) is 0 Å². The van der Waals surface area contributed by atoms with Crippen LogP contribution in [0.15, 0.2) is 42.5 Å². The van der Waals surface area contributed by atoms with Crippen molar-refractivity contribution >= 4 is 5.78 Å². The van der Waals surface area contributed by atoms with Gasteiger partial charge in [0.25, 0.3) is 0 Å². The highest BCUT2D eigenvalue weighted by Gasteiger charge is 2.20. The fourth-order valence-corrected chi connectivity index (χ4v) is 2.65. The van der Waals surface area contributed by atoms with Gasteiger partial charge >= 0.3 is 0 Å². The van der Waals surface area contributed by atoms with Crippen molar-refractivity contribution in [3.05, 3.63) is 64.7 Å². The zero-order valence-corrected chi connectivity index (χ0v) is 12.4. The Hall–Kier alpha value is -2.09. The second kappa shape index (κ2) is 5.91. The first-order chi connectivity index (χ1) is 9.54. The van der Waals surface area contributed by atoms with Crippen LogP contribution in [0.4, 0.5) is 0 Å². The van der Waals surface area contributed by atoms with Crippen molar-refractivity contribution in [2.45, 2.75) is 26.7 Å². The van der Waals surface area contributed by atoms with Crippen LogP contribution in [0.3, 0.4) is 0 Å². The highest BCUT2D eigenvalue weighted by molar-refractivity contribution is 6.01. The molecule has 2 aromatic rings. The Labute approximate surface area is 120 Å². The van der Waals surface area contributed by atoms with Crippen molar-refractivity contribution in [1.29, 1.82) is 0 Å². The van der Waals surface area contributed by atoms with Gasteiger partial charge in [-0.25, -0.2) is 0 Å². The number of Topliss-reactive ketones (excluding diaryl/α,β-unsaturated/α-hetero) is 1. The average Bonchev–Trinajstić information content (AvgIpc) is 2.46. The van der Waals surface area contributed by atoms with E-state index in [-0.39, 0.29) is 11.7 Å². The molecule has 20 heavy (non-hydrogen) atoms. The van der Waals surface area contributed by atoms with Crippen molar-refractivity contribution in [1.82, 2.24) is 0 Å². The smallest absolute Gasteiger partial charge is 0.170 e. The van der Waals surface area contributed by atoms with E-state index < -0.39 is 0 Å². The summed E-state index contributed by atoms with van der Waals surface area (Å²) in [7, 11) is 1.62. The summed E-state index contributed by atoms with van der Waals surface area (Å²) in [4.78, 5) is 12.6. The molecule has 0 heterocycles. The summed E-state index contributed by atoms with van der Waals surface area (Å²) in [6.45, 7) is 6.09. The largest absolute Gasteiger partial charge is 0.497 e. The fourth-order valence-electron chi connectivity index (χ4n) is 2.65. The molecule has 2 aromatic carbocycles. The van der Waals surface area contributed by atoms with Crippen molar-refractivity contribution < 1.29 is 9.53 Å². The number of hydrogen-bond acceptors (Lipinski definition) is 2. The van der Waals surface area contributed by atoms with Crippen molar-refractivity contribution in [3.63, 3.8) is 0 Å². The third-order valence-corrected chi connectivity index (χ3v) is 3.74. The van der Waals surface area contributed by atoms with Gasteiger partial charge in [0.2, 0.25) is 0 Å². The normalized spacial score (nSPS) is 12.0. The Morgan fingerprint density at radius 2 is 1.55 bits per heavy atom. The number of benzene rings is 2. The molecule has 0 bridgehead atoms. The lowest BCUT2D eigenvalue weighted by molar-refractivity contribution is 0.0965. The van der Waals surface area contributed by atoms with E-state index in [9.17, 15) is 4.79 Å². The molecular formula is C18H20O2. The Balaban J connectivity index is 2.32. The lowest BCUT2D eigenvalue weighted by Crippen LogP contribution is -2.12. The molecule has 104 valence electrons. The lowest BCUT2D eigenvalue weighted by atomic mass is 9.87. The van der Waals surface area contributed by atoms with Gasteiger partial charge in [-0.2, -0.15) is 0 Å². The molecule has 0 saturated heterocycles. The van der Waals surface area contributed by atoms with Gasteiger partial charge in [-0.3, -0.25) is 4.79 Å². The predicted molar refractivity (Wildman–Crippen MR) is 81.7 cm³/mol. The average molecular weight is 268 g/mol. The summed E-state index contributed by atoms with van der Waals surface area (Å²) in [5.74, 6) is 0.774. The molecule has 2 rings (SSSR count). The van der Waals surface area contributed by atoms with Crippen LogP contribution >= 0.6 is 0 Å². The minimum Gasteiger partial charge on any atom is -0.497 e. The molecule has 0 amide bonds. The van der Waals surface area contributed by atoms with Gasteiger partial charge in [-0.1, -0.05) is 25.1 Å². The number of aryl methyl sites for hydroxylation is 2. The second-order valence-electron chi connectivity index (χ2n) is 5.12. The Morgan fingerprint density at radius 1 is 1.00 bits per heavy atom. The number of carbonyl (C=O) groups excluding carboxylic acids is 1. The number of methoxy groups -OCH3 is 1. The number of hydrogen-bond donors (Lipinski definition) is 0. The zero-order chi connectivity index (χ0) is 14.7. The predicted octanol–water partition coefficient (Wildman–Crippen LogP) is 4.30. The van der Waals surface area contributed by atoms with Crippen molar-refractivity contribution in [2.75, 3.05) is 7.11 Å². The molecule has 2 nitrogen and oxygen atoms in total. The van der Waals surface area contributed by atoms with Crippen LogP contribution in [0.2, 0.25) is 0 Å². The molecule has 0 aliphatic rings. The minimum atomic E-state index is -0.135. The van der Waals surface area contributed by atoms with E-state index in [0.29, 0.717) is 0 Å². The molecule has 0 N–H and O–H groups in total. The molecule has 0 aliphatic heterocycles. The number of ketones is 1. The SMILES string of the molecule is COc1ccc(C(=O)C(C)c2c(C)cccc2C)cc1. The summed E-state index contributed by atoms with van der Waals surface area (Å²) >= 11 is 0. The maximum absolute atomic E-state index is 12.6. The fraction of sp³-hybridized carbons (Fsp3) is 0.278. The summed E-state index contributed by atoms with van der Waals surface area (Å²) in [6, 6.07) is 13.4. The number of ether oxygens (including phenoxy) is 1. The van der Waals surface area contributed by atoms with Gasteiger partial charge in [-0.15, -0.1) is 0 Å². The highest BCUT2D eigenvalue weighted by Crippen LogP contribution is 2.27. The topological polar surface area (TPSA) is 26.3 Å². The van der Waals surface area contributed by atoms with Crippen LogP contribution < -0.4 is 4.74 Å². The standard InChI is InChI=1S/C18H20O2/c1-12-6-5-7-13(2)17(12)14(3)18(19)15-8-10-16(20-4)11-9-15/h5-11,14H,1-4H3. The molecule has 0 aliphatic carbocycles. The Bertz CT molecular complexity index is 592. The van der Waals surface area contributed by atoms with Gasteiger partial charge in [0.15, 0.2) is 5.78 Å². The van der Waals surface area contributed by atoms with Gasteiger partial charge < -0.3 is 4.74 Å². The molecule has 0 saturated carbocycles. The van der Waals surface area contributed by atoms with Crippen LogP contribution in [0.5, 0.6) is 5.75 Å². The maximum atomic E-state index is 12.6. The molecule has 1 atom stereocenters. The monoisotopic (exact) mass is 268 g/mol. The first kappa shape index (κ1) is 14.3. The van der Waals surface area contributed by atoms with Gasteiger partial charge in [0.1, 0.15) is 5.75 Å². The molecule has 1 unspecified atom stereocenters. The second-order valence-corrected chi connectivity index (χ2v) is 5.12. The highest BCUT2D eigenvalue weighted by atomic mass is 16.5. The van der Waals surface area contributed by atoms with Crippen molar-refractivity contribution in [2.24, 2.45) is 0 Å². The third-order valence-electron chi connectivity index (χ3n) is 3.74. The van der Waals surface area contributed by atoms with Crippen LogP contribution in [-0.2, 0) is 0 Å². The number of rotatable bonds is 4. The van der Waals surface area contributed by atoms with Crippen molar-refractivity contribution in [3.8, 4) is 5.75 Å². The van der Waals surface area contributed by atoms with Gasteiger partial charge in [-0.05, 0) is 54.8 Å². The molecule has 0 fully saturated rings. The number of carbonyl (C=O) groups is 1. The molecule has 0 radical (unpaired) electrons. The van der Waals surface area contributed by atoms with E-state index in [1.54, 1.807) is 7.11 Å². The molecule has 0 spiro atoms.